The normalized spacial score (nSPS) is 26.5. The highest BCUT2D eigenvalue weighted by Crippen LogP contribution is 2.53. The van der Waals surface area contributed by atoms with Crippen LogP contribution in [0.25, 0.3) is 22.3 Å². The monoisotopic (exact) mass is 542 g/mol. The van der Waals surface area contributed by atoms with Gasteiger partial charge in [0.25, 0.3) is 0 Å². The summed E-state index contributed by atoms with van der Waals surface area (Å²) in [5.74, 6) is 0.610. The Hall–Kier alpha value is -3.50. The fourth-order valence-electron chi connectivity index (χ4n) is 7.38. The lowest BCUT2D eigenvalue weighted by Crippen LogP contribution is -2.34. The molecule has 0 bridgehead atoms. The minimum absolute atomic E-state index is 0.0457. The Bertz CT molecular complexity index is 1640. The molecule has 1 aliphatic carbocycles. The maximum atomic E-state index is 15.2. The summed E-state index contributed by atoms with van der Waals surface area (Å²) in [5, 5.41) is 6.64. The number of nitrogens with one attached hydrogen (secondary N) is 2. The van der Waals surface area contributed by atoms with E-state index in [1.807, 2.05) is 24.4 Å². The maximum Gasteiger partial charge on any atom is 0.229 e. The number of likely N-dealkylation sites (tertiary alicyclic amines) is 1. The van der Waals surface area contributed by atoms with E-state index in [1.54, 1.807) is 0 Å². The van der Waals surface area contributed by atoms with Crippen LogP contribution in [0.2, 0.25) is 0 Å². The van der Waals surface area contributed by atoms with Crippen LogP contribution in [0.5, 0.6) is 0 Å². The first kappa shape index (κ1) is 24.3. The molecule has 0 unspecified atom stereocenters. The molecule has 10 heteroatoms. The largest absolute Gasteiger partial charge is 0.322 e. The van der Waals surface area contributed by atoms with E-state index in [9.17, 15) is 4.39 Å². The van der Waals surface area contributed by atoms with E-state index in [-0.39, 0.29) is 17.2 Å². The van der Waals surface area contributed by atoms with Gasteiger partial charge in [-0.1, -0.05) is 19.9 Å². The molecule has 3 fully saturated rings. The number of pyridine rings is 1. The second-order valence-corrected chi connectivity index (χ2v) is 12.9. The van der Waals surface area contributed by atoms with Gasteiger partial charge in [0.2, 0.25) is 5.95 Å². The van der Waals surface area contributed by atoms with E-state index >= 15 is 4.39 Å². The lowest BCUT2D eigenvalue weighted by Gasteiger charge is -2.31. The molecule has 1 aromatic carbocycles. The summed E-state index contributed by atoms with van der Waals surface area (Å²) in [4.78, 5) is 20.2. The zero-order chi connectivity index (χ0) is 27.3. The highest BCUT2D eigenvalue weighted by molar-refractivity contribution is 5.83. The van der Waals surface area contributed by atoms with Crippen molar-refractivity contribution in [3.63, 3.8) is 0 Å². The highest BCUT2D eigenvalue weighted by Gasteiger charge is 2.54. The Kier molecular flexibility index (Phi) is 5.02. The number of hydrogen-bond acceptors (Lipinski definition) is 7. The van der Waals surface area contributed by atoms with Gasteiger partial charge in [0, 0.05) is 67.3 Å². The number of halogens is 2. The lowest BCUT2D eigenvalue weighted by molar-refractivity contribution is 0.212. The Morgan fingerprint density at radius 1 is 0.950 bits per heavy atom. The average molecular weight is 543 g/mol. The Morgan fingerprint density at radius 3 is 2.48 bits per heavy atom. The molecule has 40 heavy (non-hydrogen) atoms. The Morgan fingerprint density at radius 2 is 1.75 bits per heavy atom. The molecule has 4 aromatic rings. The quantitative estimate of drug-likeness (QED) is 0.376. The third kappa shape index (κ3) is 3.61. The molecule has 2 N–H and O–H groups in total. The number of fused-ring (bicyclic) bond motifs is 5. The molecule has 3 aromatic heterocycles. The number of aromatic nitrogens is 5. The van der Waals surface area contributed by atoms with Gasteiger partial charge in [-0.05, 0) is 43.0 Å². The predicted molar refractivity (Wildman–Crippen MR) is 148 cm³/mol. The fourth-order valence-corrected chi connectivity index (χ4v) is 7.38. The first-order chi connectivity index (χ1) is 19.2. The van der Waals surface area contributed by atoms with Crippen molar-refractivity contribution in [2.24, 2.45) is 10.8 Å². The van der Waals surface area contributed by atoms with Gasteiger partial charge >= 0.3 is 0 Å². The van der Waals surface area contributed by atoms with E-state index in [0.717, 1.165) is 76.0 Å². The lowest BCUT2D eigenvalue weighted by atomic mass is 9.71. The van der Waals surface area contributed by atoms with Crippen LogP contribution >= 0.6 is 0 Å². The standard InChI is InChI=1S/C30H32F2N8/c1-28-14-33-15-29(28,2)17-39(16-28)13-18-3-4-23(34-11-18)36-27-35-12-21(32)25(38-27)19-9-20(31)26-22(10-19)40-24(37-26)5-6-30(40)7-8-30/h3-4,9-12,33H,5-8,13-17H2,1-2H3,(H,34,35,36,38)/t28-,29-/m1/s1. The zero-order valence-corrected chi connectivity index (χ0v) is 22.8. The van der Waals surface area contributed by atoms with Crippen LogP contribution < -0.4 is 10.6 Å². The molecule has 206 valence electrons. The van der Waals surface area contributed by atoms with E-state index in [0.29, 0.717) is 33.2 Å². The number of benzene rings is 1. The van der Waals surface area contributed by atoms with Crippen LogP contribution in [-0.4, -0.2) is 55.6 Å². The topological polar surface area (TPSA) is 83.8 Å². The van der Waals surface area contributed by atoms with Gasteiger partial charge in [-0.3, -0.25) is 4.90 Å². The summed E-state index contributed by atoms with van der Waals surface area (Å²) in [6, 6.07) is 7.07. The van der Waals surface area contributed by atoms with Gasteiger partial charge in [0.1, 0.15) is 22.9 Å². The molecule has 0 radical (unpaired) electrons. The number of anilines is 2. The zero-order valence-electron chi connectivity index (χ0n) is 22.8. The van der Waals surface area contributed by atoms with E-state index in [2.05, 4.69) is 53.9 Å². The van der Waals surface area contributed by atoms with Crippen molar-refractivity contribution in [2.75, 3.05) is 31.5 Å². The predicted octanol–water partition coefficient (Wildman–Crippen LogP) is 4.78. The van der Waals surface area contributed by atoms with Gasteiger partial charge in [-0.2, -0.15) is 0 Å². The minimum Gasteiger partial charge on any atom is -0.322 e. The molecule has 8 nitrogen and oxygen atoms in total. The van der Waals surface area contributed by atoms with Crippen LogP contribution in [-0.2, 0) is 18.5 Å². The SMILES string of the molecule is C[C@]12CNC[C@]1(C)CN(Cc1ccc(Nc3ncc(F)c(-c4cc(F)c5nc6n(c5c4)C4(CC6)CC4)n3)nc1)C2. The van der Waals surface area contributed by atoms with Gasteiger partial charge in [0.15, 0.2) is 11.6 Å². The summed E-state index contributed by atoms with van der Waals surface area (Å²) >= 11 is 0. The van der Waals surface area contributed by atoms with Crippen LogP contribution in [0.15, 0.2) is 36.7 Å². The van der Waals surface area contributed by atoms with Crippen molar-refractivity contribution in [3.8, 4) is 11.3 Å². The minimum atomic E-state index is -0.608. The molecule has 1 saturated carbocycles. The Labute approximate surface area is 231 Å². The summed E-state index contributed by atoms with van der Waals surface area (Å²) in [5.41, 5.74) is 3.26. The number of aryl methyl sites for hydroxylation is 1. The van der Waals surface area contributed by atoms with Crippen molar-refractivity contribution in [1.29, 1.82) is 0 Å². The molecule has 1 spiro atoms. The molecule has 3 aliphatic heterocycles. The van der Waals surface area contributed by atoms with Crippen molar-refractivity contribution < 1.29 is 8.78 Å². The fraction of sp³-hybridized carbons (Fsp3) is 0.467. The van der Waals surface area contributed by atoms with Crippen molar-refractivity contribution in [1.82, 2.24) is 34.7 Å². The van der Waals surface area contributed by atoms with E-state index in [1.165, 1.54) is 6.07 Å². The molecule has 2 atom stereocenters. The first-order valence-corrected chi connectivity index (χ1v) is 14.1. The number of rotatable bonds is 5. The van der Waals surface area contributed by atoms with Gasteiger partial charge in [0.05, 0.1) is 11.7 Å². The van der Waals surface area contributed by atoms with Crippen LogP contribution in [0, 0.1) is 22.5 Å². The molecule has 6 heterocycles. The molecule has 2 saturated heterocycles. The number of nitrogens with zero attached hydrogens (tertiary/aromatic N) is 6. The second-order valence-electron chi connectivity index (χ2n) is 12.9. The molecular formula is C30H32F2N8. The molecule has 4 aliphatic rings. The van der Waals surface area contributed by atoms with Crippen molar-refractivity contribution in [3.05, 3.63) is 59.7 Å². The third-order valence-electron chi connectivity index (χ3n) is 10.0. The third-order valence-corrected chi connectivity index (χ3v) is 10.0. The molecule has 0 amide bonds. The van der Waals surface area contributed by atoms with E-state index in [4.69, 9.17) is 0 Å². The summed E-state index contributed by atoms with van der Waals surface area (Å²) in [7, 11) is 0. The number of imidazole rings is 1. The molecule has 8 rings (SSSR count). The van der Waals surface area contributed by atoms with Gasteiger partial charge < -0.3 is 15.2 Å². The summed E-state index contributed by atoms with van der Waals surface area (Å²) in [6.07, 6.45) is 7.01. The summed E-state index contributed by atoms with van der Waals surface area (Å²) < 4.78 is 32.3. The van der Waals surface area contributed by atoms with Crippen LogP contribution in [0.3, 0.4) is 0 Å². The smallest absolute Gasteiger partial charge is 0.229 e. The first-order valence-electron chi connectivity index (χ1n) is 14.1. The second kappa shape index (κ2) is 8.27. The Balaban J connectivity index is 1.03. The van der Waals surface area contributed by atoms with Crippen LogP contribution in [0.4, 0.5) is 20.5 Å². The number of hydrogen-bond donors (Lipinski definition) is 2. The summed E-state index contributed by atoms with van der Waals surface area (Å²) in [6.45, 7) is 9.87. The van der Waals surface area contributed by atoms with Gasteiger partial charge in [-0.25, -0.2) is 28.7 Å². The molecular weight excluding hydrogens is 510 g/mol. The van der Waals surface area contributed by atoms with Crippen molar-refractivity contribution >= 4 is 22.8 Å². The maximum absolute atomic E-state index is 15.2. The highest BCUT2D eigenvalue weighted by atomic mass is 19.1. The van der Waals surface area contributed by atoms with Gasteiger partial charge in [-0.15, -0.1) is 0 Å². The van der Waals surface area contributed by atoms with E-state index < -0.39 is 11.6 Å². The average Bonchev–Trinajstić information content (AvgIpc) is 3.20. The van der Waals surface area contributed by atoms with Crippen molar-refractivity contribution in [2.45, 2.75) is 51.6 Å². The van der Waals surface area contributed by atoms with Crippen LogP contribution in [0.1, 0.15) is 44.5 Å².